The molecule has 1 aliphatic rings. The first-order chi connectivity index (χ1) is 12.5. The fraction of sp³-hybridized carbons (Fsp3) is 0.263. The summed E-state index contributed by atoms with van der Waals surface area (Å²) in [7, 11) is 0. The molecule has 0 saturated carbocycles. The highest BCUT2D eigenvalue weighted by Gasteiger charge is 2.26. The Balaban J connectivity index is 1.57. The maximum atomic E-state index is 13.7. The van der Waals surface area contributed by atoms with E-state index in [1.165, 1.54) is 24.3 Å². The Kier molecular flexibility index (Phi) is 5.25. The van der Waals surface area contributed by atoms with E-state index < -0.39 is 23.4 Å². The summed E-state index contributed by atoms with van der Waals surface area (Å²) in [6, 6.07) is 8.57. The lowest BCUT2D eigenvalue weighted by Crippen LogP contribution is -2.46. The molecule has 0 radical (unpaired) electrons. The molecule has 26 heavy (non-hydrogen) atoms. The summed E-state index contributed by atoms with van der Waals surface area (Å²) in [5.41, 5.74) is 0.0607. The van der Waals surface area contributed by atoms with Crippen LogP contribution in [0, 0.1) is 17.5 Å². The lowest BCUT2D eigenvalue weighted by Gasteiger charge is -2.32. The normalized spacial score (nSPS) is 15.0. The average Bonchev–Trinajstić information content (AvgIpc) is 2.64. The number of carbonyl (C=O) groups is 2. The molecule has 2 amide bonds. The molecule has 2 aromatic carbocycles. The number of rotatable bonds is 3. The van der Waals surface area contributed by atoms with Crippen molar-refractivity contribution in [3.63, 3.8) is 0 Å². The van der Waals surface area contributed by atoms with E-state index in [4.69, 9.17) is 0 Å². The van der Waals surface area contributed by atoms with Gasteiger partial charge in [0, 0.05) is 24.7 Å². The fourth-order valence-corrected chi connectivity index (χ4v) is 2.94. The summed E-state index contributed by atoms with van der Waals surface area (Å²) in [5, 5.41) is 2.75. The van der Waals surface area contributed by atoms with Crippen LogP contribution in [0.2, 0.25) is 0 Å². The van der Waals surface area contributed by atoms with Crippen LogP contribution in [0.1, 0.15) is 33.6 Å². The number of likely N-dealkylation sites (tertiary alicyclic amines) is 1. The number of piperidine rings is 1. The Hall–Kier alpha value is -2.83. The van der Waals surface area contributed by atoms with Crippen molar-refractivity contribution in [3.8, 4) is 0 Å². The topological polar surface area (TPSA) is 49.4 Å². The van der Waals surface area contributed by atoms with Crippen LogP contribution in [0.3, 0.4) is 0 Å². The molecule has 7 heteroatoms. The van der Waals surface area contributed by atoms with E-state index in [2.05, 4.69) is 5.32 Å². The van der Waals surface area contributed by atoms with Crippen LogP contribution < -0.4 is 5.32 Å². The second kappa shape index (κ2) is 7.59. The number of hydrogen-bond donors (Lipinski definition) is 1. The van der Waals surface area contributed by atoms with Gasteiger partial charge in [0.1, 0.15) is 5.82 Å². The molecule has 0 bridgehead atoms. The van der Waals surface area contributed by atoms with Crippen LogP contribution in [0.15, 0.2) is 42.5 Å². The predicted octanol–water partition coefficient (Wildman–Crippen LogP) is 3.14. The van der Waals surface area contributed by atoms with E-state index in [1.807, 2.05) is 0 Å². The van der Waals surface area contributed by atoms with Gasteiger partial charge in [-0.2, -0.15) is 0 Å². The van der Waals surface area contributed by atoms with Crippen molar-refractivity contribution < 1.29 is 22.8 Å². The monoisotopic (exact) mass is 362 g/mol. The van der Waals surface area contributed by atoms with E-state index in [0.717, 1.165) is 12.1 Å². The van der Waals surface area contributed by atoms with Crippen LogP contribution in [-0.4, -0.2) is 35.8 Å². The number of amides is 2. The SMILES string of the molecule is O=C(NC1CCN(C(=O)c2ccccc2F)CC1)c1ccc(F)c(F)c1. The van der Waals surface area contributed by atoms with Crippen LogP contribution >= 0.6 is 0 Å². The van der Waals surface area contributed by atoms with Gasteiger partial charge in [0.05, 0.1) is 5.56 Å². The Bertz CT molecular complexity index is 833. The van der Waals surface area contributed by atoms with Crippen molar-refractivity contribution >= 4 is 11.8 Å². The second-order valence-electron chi connectivity index (χ2n) is 6.15. The van der Waals surface area contributed by atoms with Gasteiger partial charge in [-0.1, -0.05) is 12.1 Å². The zero-order valence-corrected chi connectivity index (χ0v) is 13.8. The Labute approximate surface area is 148 Å². The van der Waals surface area contributed by atoms with E-state index in [0.29, 0.717) is 25.9 Å². The summed E-state index contributed by atoms with van der Waals surface area (Å²) >= 11 is 0. The molecule has 0 unspecified atom stereocenters. The Morgan fingerprint density at radius 1 is 0.923 bits per heavy atom. The molecular formula is C19H17F3N2O2. The third-order valence-electron chi connectivity index (χ3n) is 4.40. The predicted molar refractivity (Wildman–Crippen MR) is 89.1 cm³/mol. The summed E-state index contributed by atoms with van der Waals surface area (Å²) in [5.74, 6) is -3.54. The summed E-state index contributed by atoms with van der Waals surface area (Å²) in [4.78, 5) is 26.0. The number of carbonyl (C=O) groups excluding carboxylic acids is 2. The third kappa shape index (κ3) is 3.87. The lowest BCUT2D eigenvalue weighted by molar-refractivity contribution is 0.0693. The van der Waals surface area contributed by atoms with Crippen LogP contribution in [0.25, 0.3) is 0 Å². The Morgan fingerprint density at radius 3 is 2.27 bits per heavy atom. The summed E-state index contributed by atoms with van der Waals surface area (Å²) in [6.45, 7) is 0.742. The van der Waals surface area contributed by atoms with Gasteiger partial charge in [0.2, 0.25) is 0 Å². The number of nitrogens with zero attached hydrogens (tertiary/aromatic N) is 1. The molecule has 0 aliphatic carbocycles. The van der Waals surface area contributed by atoms with Gasteiger partial charge in [-0.05, 0) is 43.2 Å². The lowest BCUT2D eigenvalue weighted by atomic mass is 10.0. The minimum absolute atomic E-state index is 0.0248. The van der Waals surface area contributed by atoms with E-state index in [9.17, 15) is 22.8 Å². The molecule has 0 spiro atoms. The van der Waals surface area contributed by atoms with Gasteiger partial charge in [0.25, 0.3) is 11.8 Å². The van der Waals surface area contributed by atoms with E-state index in [-0.39, 0.29) is 23.1 Å². The maximum Gasteiger partial charge on any atom is 0.256 e. The highest BCUT2D eigenvalue weighted by Crippen LogP contribution is 2.17. The van der Waals surface area contributed by atoms with Crippen molar-refractivity contribution in [2.24, 2.45) is 0 Å². The molecule has 1 aliphatic heterocycles. The zero-order chi connectivity index (χ0) is 18.7. The number of hydrogen-bond acceptors (Lipinski definition) is 2. The molecule has 1 N–H and O–H groups in total. The van der Waals surface area contributed by atoms with Crippen molar-refractivity contribution in [1.82, 2.24) is 10.2 Å². The first-order valence-electron chi connectivity index (χ1n) is 8.25. The number of nitrogens with one attached hydrogen (secondary N) is 1. The van der Waals surface area contributed by atoms with Crippen molar-refractivity contribution in [1.29, 1.82) is 0 Å². The van der Waals surface area contributed by atoms with Gasteiger partial charge in [0.15, 0.2) is 11.6 Å². The molecule has 1 heterocycles. The van der Waals surface area contributed by atoms with Crippen molar-refractivity contribution in [2.75, 3.05) is 13.1 Å². The van der Waals surface area contributed by atoms with Crippen LogP contribution in [0.5, 0.6) is 0 Å². The molecule has 3 rings (SSSR count). The van der Waals surface area contributed by atoms with E-state index >= 15 is 0 Å². The average molecular weight is 362 g/mol. The molecular weight excluding hydrogens is 345 g/mol. The highest BCUT2D eigenvalue weighted by atomic mass is 19.2. The number of halogens is 3. The van der Waals surface area contributed by atoms with Crippen LogP contribution in [0.4, 0.5) is 13.2 Å². The summed E-state index contributed by atoms with van der Waals surface area (Å²) < 4.78 is 39.9. The first kappa shape index (κ1) is 18.0. The van der Waals surface area contributed by atoms with Gasteiger partial charge < -0.3 is 10.2 Å². The van der Waals surface area contributed by atoms with Crippen molar-refractivity contribution in [3.05, 3.63) is 71.0 Å². The molecule has 0 aromatic heterocycles. The molecule has 0 atom stereocenters. The largest absolute Gasteiger partial charge is 0.349 e. The molecule has 136 valence electrons. The Morgan fingerprint density at radius 2 is 1.62 bits per heavy atom. The minimum Gasteiger partial charge on any atom is -0.349 e. The van der Waals surface area contributed by atoms with Gasteiger partial charge in [-0.15, -0.1) is 0 Å². The quantitative estimate of drug-likeness (QED) is 0.912. The van der Waals surface area contributed by atoms with Gasteiger partial charge >= 0.3 is 0 Å². The molecule has 1 saturated heterocycles. The smallest absolute Gasteiger partial charge is 0.256 e. The van der Waals surface area contributed by atoms with Crippen molar-refractivity contribution in [2.45, 2.75) is 18.9 Å². The standard InChI is InChI=1S/C19H17F3N2O2/c20-15-4-2-1-3-14(15)19(26)24-9-7-13(8-10-24)23-18(25)12-5-6-16(21)17(22)11-12/h1-6,11,13H,7-10H2,(H,23,25). The highest BCUT2D eigenvalue weighted by molar-refractivity contribution is 5.95. The first-order valence-corrected chi connectivity index (χ1v) is 8.25. The van der Waals surface area contributed by atoms with E-state index in [1.54, 1.807) is 11.0 Å². The van der Waals surface area contributed by atoms with Gasteiger partial charge in [-0.25, -0.2) is 13.2 Å². The van der Waals surface area contributed by atoms with Crippen LogP contribution in [-0.2, 0) is 0 Å². The summed E-state index contributed by atoms with van der Waals surface area (Å²) in [6.07, 6.45) is 0.991. The number of benzene rings is 2. The molecule has 2 aromatic rings. The molecule has 1 fully saturated rings. The fourth-order valence-electron chi connectivity index (χ4n) is 2.94. The minimum atomic E-state index is -1.08. The second-order valence-corrected chi connectivity index (χ2v) is 6.15. The van der Waals surface area contributed by atoms with Gasteiger partial charge in [-0.3, -0.25) is 9.59 Å². The zero-order valence-electron chi connectivity index (χ0n) is 13.8. The molecule has 4 nitrogen and oxygen atoms in total. The third-order valence-corrected chi connectivity index (χ3v) is 4.40. The maximum absolute atomic E-state index is 13.7.